The summed E-state index contributed by atoms with van der Waals surface area (Å²) >= 11 is 0. The summed E-state index contributed by atoms with van der Waals surface area (Å²) in [7, 11) is 0. The summed E-state index contributed by atoms with van der Waals surface area (Å²) < 4.78 is 18.6. The number of anilines is 1. The van der Waals surface area contributed by atoms with Crippen molar-refractivity contribution in [3.8, 4) is 0 Å². The number of hydrogen-bond acceptors (Lipinski definition) is 6. The van der Waals surface area contributed by atoms with Gasteiger partial charge in [0.15, 0.2) is 5.82 Å². The molecule has 1 saturated heterocycles. The number of nitrogens with zero attached hydrogens (tertiary/aromatic N) is 4. The van der Waals surface area contributed by atoms with Gasteiger partial charge in [-0.1, -0.05) is 49.3 Å². The standard InChI is InChI=1S/C24H28FN5O2/c1-17(2)23-27-21(32-28-23)16-29-12-14-30(15-13-29)22(18-6-4-3-5-7-18)24(31)26-20-10-8-19(25)9-11-20/h3-11,17,22H,12-16H2,1-2H3,(H,26,31). The van der Waals surface area contributed by atoms with Crippen LogP contribution in [0.25, 0.3) is 0 Å². The van der Waals surface area contributed by atoms with E-state index in [9.17, 15) is 9.18 Å². The second-order valence-corrected chi connectivity index (χ2v) is 8.32. The van der Waals surface area contributed by atoms with Crippen LogP contribution < -0.4 is 5.32 Å². The highest BCUT2D eigenvalue weighted by Crippen LogP contribution is 2.25. The van der Waals surface area contributed by atoms with Crippen LogP contribution in [-0.4, -0.2) is 52.0 Å². The van der Waals surface area contributed by atoms with Crippen molar-refractivity contribution in [1.29, 1.82) is 0 Å². The Kier molecular flexibility index (Phi) is 6.92. The van der Waals surface area contributed by atoms with Crippen molar-refractivity contribution in [2.75, 3.05) is 31.5 Å². The van der Waals surface area contributed by atoms with Gasteiger partial charge in [0.2, 0.25) is 11.8 Å². The molecule has 1 atom stereocenters. The predicted molar refractivity (Wildman–Crippen MR) is 119 cm³/mol. The summed E-state index contributed by atoms with van der Waals surface area (Å²) in [6, 6.07) is 15.1. The van der Waals surface area contributed by atoms with Crippen molar-refractivity contribution >= 4 is 11.6 Å². The number of hydrogen-bond donors (Lipinski definition) is 1. The highest BCUT2D eigenvalue weighted by Gasteiger charge is 2.31. The number of rotatable bonds is 7. The molecule has 1 fully saturated rings. The molecule has 1 unspecified atom stereocenters. The van der Waals surface area contributed by atoms with Gasteiger partial charge in [-0.25, -0.2) is 4.39 Å². The third kappa shape index (κ3) is 5.38. The smallest absolute Gasteiger partial charge is 0.246 e. The second kappa shape index (κ2) is 10.0. The van der Waals surface area contributed by atoms with Gasteiger partial charge < -0.3 is 9.84 Å². The van der Waals surface area contributed by atoms with Gasteiger partial charge in [0.1, 0.15) is 11.9 Å². The lowest BCUT2D eigenvalue weighted by atomic mass is 10.0. The van der Waals surface area contributed by atoms with Crippen LogP contribution in [0.5, 0.6) is 0 Å². The summed E-state index contributed by atoms with van der Waals surface area (Å²) in [5.74, 6) is 1.11. The predicted octanol–water partition coefficient (Wildman–Crippen LogP) is 3.83. The molecule has 0 saturated carbocycles. The van der Waals surface area contributed by atoms with E-state index in [1.54, 1.807) is 12.1 Å². The van der Waals surface area contributed by atoms with E-state index >= 15 is 0 Å². The van der Waals surface area contributed by atoms with Crippen LogP contribution in [0, 0.1) is 5.82 Å². The number of nitrogens with one attached hydrogen (secondary N) is 1. The zero-order valence-corrected chi connectivity index (χ0v) is 18.4. The largest absolute Gasteiger partial charge is 0.338 e. The van der Waals surface area contributed by atoms with Gasteiger partial charge in [-0.05, 0) is 29.8 Å². The van der Waals surface area contributed by atoms with Gasteiger partial charge in [0.25, 0.3) is 0 Å². The van der Waals surface area contributed by atoms with Crippen LogP contribution in [-0.2, 0) is 11.3 Å². The molecule has 32 heavy (non-hydrogen) atoms. The van der Waals surface area contributed by atoms with Gasteiger partial charge in [0, 0.05) is 37.8 Å². The Labute approximate surface area is 187 Å². The first-order valence-corrected chi connectivity index (χ1v) is 10.9. The molecule has 1 amide bonds. The van der Waals surface area contributed by atoms with E-state index in [2.05, 4.69) is 25.3 Å². The average molecular weight is 438 g/mol. The molecule has 2 heterocycles. The molecule has 1 N–H and O–H groups in total. The zero-order valence-electron chi connectivity index (χ0n) is 18.4. The van der Waals surface area contributed by atoms with Crippen LogP contribution in [0.4, 0.5) is 10.1 Å². The first-order valence-electron chi connectivity index (χ1n) is 10.9. The van der Waals surface area contributed by atoms with E-state index < -0.39 is 6.04 Å². The Hall–Kier alpha value is -3.10. The number of benzene rings is 2. The fraction of sp³-hybridized carbons (Fsp3) is 0.375. The molecule has 4 rings (SSSR count). The fourth-order valence-electron chi connectivity index (χ4n) is 3.84. The highest BCUT2D eigenvalue weighted by atomic mass is 19.1. The van der Waals surface area contributed by atoms with Gasteiger partial charge >= 0.3 is 0 Å². The minimum Gasteiger partial charge on any atom is -0.338 e. The molecule has 0 spiro atoms. The topological polar surface area (TPSA) is 74.5 Å². The van der Waals surface area contributed by atoms with E-state index in [0.29, 0.717) is 18.1 Å². The third-order valence-electron chi connectivity index (χ3n) is 5.61. The number of aromatic nitrogens is 2. The summed E-state index contributed by atoms with van der Waals surface area (Å²) in [6.07, 6.45) is 0. The molecule has 1 aromatic heterocycles. The number of piperazine rings is 1. The van der Waals surface area contributed by atoms with Gasteiger partial charge in [-0.3, -0.25) is 14.6 Å². The lowest BCUT2D eigenvalue weighted by molar-refractivity contribution is -0.122. The van der Waals surface area contributed by atoms with Crippen molar-refractivity contribution in [1.82, 2.24) is 19.9 Å². The summed E-state index contributed by atoms with van der Waals surface area (Å²) in [4.78, 5) is 22.1. The van der Waals surface area contributed by atoms with Crippen LogP contribution in [0.2, 0.25) is 0 Å². The highest BCUT2D eigenvalue weighted by molar-refractivity contribution is 5.95. The molecule has 168 valence electrons. The molecule has 1 aliphatic rings. The Balaban J connectivity index is 1.43. The Bertz CT molecular complexity index is 1010. The Morgan fingerprint density at radius 3 is 2.38 bits per heavy atom. The van der Waals surface area contributed by atoms with E-state index in [0.717, 1.165) is 37.6 Å². The zero-order chi connectivity index (χ0) is 22.5. The third-order valence-corrected chi connectivity index (χ3v) is 5.61. The number of carbonyl (C=O) groups is 1. The molecule has 8 heteroatoms. The Morgan fingerprint density at radius 1 is 1.06 bits per heavy atom. The number of carbonyl (C=O) groups excluding carboxylic acids is 1. The number of amides is 1. The van der Waals surface area contributed by atoms with Gasteiger partial charge in [-0.2, -0.15) is 4.98 Å². The molecular weight excluding hydrogens is 409 g/mol. The van der Waals surface area contributed by atoms with Crippen molar-refractivity contribution in [3.05, 3.63) is 77.7 Å². The molecule has 7 nitrogen and oxygen atoms in total. The number of halogens is 1. The maximum atomic E-state index is 13.2. The Morgan fingerprint density at radius 2 is 1.75 bits per heavy atom. The second-order valence-electron chi connectivity index (χ2n) is 8.32. The SMILES string of the molecule is CC(C)c1noc(CN2CCN(C(C(=O)Nc3ccc(F)cc3)c3ccccc3)CC2)n1. The van der Waals surface area contributed by atoms with E-state index in [1.165, 1.54) is 12.1 Å². The van der Waals surface area contributed by atoms with Crippen LogP contribution in [0.3, 0.4) is 0 Å². The van der Waals surface area contributed by atoms with E-state index in [1.807, 2.05) is 44.2 Å². The van der Waals surface area contributed by atoms with Crippen LogP contribution in [0.1, 0.15) is 43.1 Å². The van der Waals surface area contributed by atoms with E-state index in [4.69, 9.17) is 4.52 Å². The lowest BCUT2D eigenvalue weighted by Crippen LogP contribution is -2.49. The maximum Gasteiger partial charge on any atom is 0.246 e. The summed E-state index contributed by atoms with van der Waals surface area (Å²) in [6.45, 7) is 7.69. The average Bonchev–Trinajstić information content (AvgIpc) is 3.26. The quantitative estimate of drug-likeness (QED) is 0.606. The summed E-state index contributed by atoms with van der Waals surface area (Å²) in [5.41, 5.74) is 1.51. The lowest BCUT2D eigenvalue weighted by Gasteiger charge is -2.38. The minimum atomic E-state index is -0.431. The molecule has 0 radical (unpaired) electrons. The van der Waals surface area contributed by atoms with Crippen LogP contribution in [0.15, 0.2) is 59.1 Å². The van der Waals surface area contributed by atoms with Crippen molar-refractivity contribution in [2.45, 2.75) is 32.4 Å². The minimum absolute atomic E-state index is 0.130. The molecule has 3 aromatic rings. The molecule has 1 aliphatic heterocycles. The van der Waals surface area contributed by atoms with Crippen molar-refractivity contribution in [3.63, 3.8) is 0 Å². The molecular formula is C24H28FN5O2. The van der Waals surface area contributed by atoms with Crippen LogP contribution >= 0.6 is 0 Å². The van der Waals surface area contributed by atoms with Gasteiger partial charge in [-0.15, -0.1) is 0 Å². The molecule has 0 aliphatic carbocycles. The van der Waals surface area contributed by atoms with Crippen molar-refractivity contribution < 1.29 is 13.7 Å². The fourth-order valence-corrected chi connectivity index (χ4v) is 3.84. The maximum absolute atomic E-state index is 13.2. The van der Waals surface area contributed by atoms with Crippen molar-refractivity contribution in [2.24, 2.45) is 0 Å². The first kappa shape index (κ1) is 22.1. The summed E-state index contributed by atoms with van der Waals surface area (Å²) in [5, 5.41) is 6.97. The monoisotopic (exact) mass is 437 g/mol. The molecule has 2 aromatic carbocycles. The first-order chi connectivity index (χ1) is 15.5. The normalized spacial score (nSPS) is 16.2. The molecule has 0 bridgehead atoms. The van der Waals surface area contributed by atoms with E-state index in [-0.39, 0.29) is 17.6 Å². The van der Waals surface area contributed by atoms with Gasteiger partial charge in [0.05, 0.1) is 6.54 Å².